The first-order valence-corrected chi connectivity index (χ1v) is 5.69. The fraction of sp³-hybridized carbons (Fsp3) is 0.818. The summed E-state index contributed by atoms with van der Waals surface area (Å²) in [4.78, 5) is 23.7. The number of esters is 2. The summed E-state index contributed by atoms with van der Waals surface area (Å²) in [6.45, 7) is 5.89. The van der Waals surface area contributed by atoms with Gasteiger partial charge in [0.2, 0.25) is 5.54 Å². The fourth-order valence-corrected chi connectivity index (χ4v) is 1.91. The first-order valence-electron chi connectivity index (χ1n) is 5.69. The minimum absolute atomic E-state index is 0.119. The quantitative estimate of drug-likeness (QED) is 0.565. The van der Waals surface area contributed by atoms with Crippen LogP contribution in [0.1, 0.15) is 33.6 Å². The second kappa shape index (κ2) is 5.30. The van der Waals surface area contributed by atoms with Crippen LogP contribution in [0.3, 0.4) is 0 Å². The SMILES string of the molecule is CCOC(=O)C1(C(=O)OCC)CCC(C)N1. The Bertz CT molecular complexity index is 259. The molecule has 1 atom stereocenters. The highest BCUT2D eigenvalue weighted by molar-refractivity contribution is 6.05. The normalized spacial score (nSPS) is 22.8. The smallest absolute Gasteiger partial charge is 0.338 e. The third kappa shape index (κ3) is 2.35. The van der Waals surface area contributed by atoms with Crippen LogP contribution >= 0.6 is 0 Å². The predicted molar refractivity (Wildman–Crippen MR) is 57.8 cm³/mol. The molecule has 0 aliphatic carbocycles. The van der Waals surface area contributed by atoms with Crippen molar-refractivity contribution >= 4 is 11.9 Å². The van der Waals surface area contributed by atoms with Crippen LogP contribution in [0.15, 0.2) is 0 Å². The second-order valence-corrected chi connectivity index (χ2v) is 3.93. The maximum absolute atomic E-state index is 11.8. The molecule has 0 aromatic heterocycles. The van der Waals surface area contributed by atoms with Crippen LogP contribution in [0.25, 0.3) is 0 Å². The van der Waals surface area contributed by atoms with E-state index in [1.807, 2.05) is 6.92 Å². The molecule has 5 heteroatoms. The summed E-state index contributed by atoms with van der Waals surface area (Å²) >= 11 is 0. The van der Waals surface area contributed by atoms with Crippen molar-refractivity contribution in [3.05, 3.63) is 0 Å². The van der Waals surface area contributed by atoms with Gasteiger partial charge in [0.05, 0.1) is 13.2 Å². The van der Waals surface area contributed by atoms with Crippen molar-refractivity contribution in [2.45, 2.75) is 45.2 Å². The molecule has 1 N–H and O–H groups in total. The average Bonchev–Trinajstić information content (AvgIpc) is 2.63. The average molecular weight is 229 g/mol. The molecule has 0 amide bonds. The largest absolute Gasteiger partial charge is 0.464 e. The van der Waals surface area contributed by atoms with Gasteiger partial charge in [-0.1, -0.05) is 0 Å². The van der Waals surface area contributed by atoms with E-state index >= 15 is 0 Å². The maximum Gasteiger partial charge on any atom is 0.338 e. The van der Waals surface area contributed by atoms with Crippen molar-refractivity contribution in [2.75, 3.05) is 13.2 Å². The standard InChI is InChI=1S/C11H19NO4/c1-4-15-9(13)11(10(14)16-5-2)7-6-8(3)12-11/h8,12H,4-7H2,1-3H3. The summed E-state index contributed by atoms with van der Waals surface area (Å²) in [6, 6.07) is 0.119. The van der Waals surface area contributed by atoms with E-state index in [0.717, 1.165) is 6.42 Å². The molecular formula is C11H19NO4. The van der Waals surface area contributed by atoms with Gasteiger partial charge in [-0.15, -0.1) is 0 Å². The molecule has 1 unspecified atom stereocenters. The highest BCUT2D eigenvalue weighted by Gasteiger charge is 2.52. The van der Waals surface area contributed by atoms with Crippen molar-refractivity contribution in [2.24, 2.45) is 0 Å². The molecule has 0 bridgehead atoms. The van der Waals surface area contributed by atoms with Crippen LogP contribution in [0.2, 0.25) is 0 Å². The second-order valence-electron chi connectivity index (χ2n) is 3.93. The number of carbonyl (C=O) groups excluding carboxylic acids is 2. The monoisotopic (exact) mass is 229 g/mol. The molecule has 1 rings (SSSR count). The lowest BCUT2D eigenvalue weighted by Gasteiger charge is -2.25. The Hall–Kier alpha value is -1.10. The number of ether oxygens (including phenoxy) is 2. The van der Waals surface area contributed by atoms with Crippen molar-refractivity contribution < 1.29 is 19.1 Å². The van der Waals surface area contributed by atoms with Crippen molar-refractivity contribution in [3.8, 4) is 0 Å². The zero-order chi connectivity index (χ0) is 12.2. The molecule has 1 heterocycles. The highest BCUT2D eigenvalue weighted by atomic mass is 16.6. The van der Waals surface area contributed by atoms with Gasteiger partial charge >= 0.3 is 11.9 Å². The van der Waals surface area contributed by atoms with Gasteiger partial charge in [-0.2, -0.15) is 0 Å². The zero-order valence-corrected chi connectivity index (χ0v) is 10.0. The Labute approximate surface area is 95.5 Å². The summed E-state index contributed by atoms with van der Waals surface area (Å²) in [5, 5.41) is 2.99. The van der Waals surface area contributed by atoms with Crippen molar-refractivity contribution in [1.82, 2.24) is 5.32 Å². The fourth-order valence-electron chi connectivity index (χ4n) is 1.91. The van der Waals surface area contributed by atoms with Crippen LogP contribution in [0, 0.1) is 0 Å². The van der Waals surface area contributed by atoms with E-state index in [0.29, 0.717) is 6.42 Å². The van der Waals surface area contributed by atoms with Crippen LogP contribution in [-0.2, 0) is 19.1 Å². The molecule has 1 fully saturated rings. The molecule has 1 aliphatic heterocycles. The number of hydrogen-bond acceptors (Lipinski definition) is 5. The molecule has 0 aromatic carbocycles. The Morgan fingerprint density at radius 2 is 1.75 bits per heavy atom. The topological polar surface area (TPSA) is 64.6 Å². The number of carbonyl (C=O) groups is 2. The van der Waals surface area contributed by atoms with Gasteiger partial charge in [0, 0.05) is 6.04 Å². The Morgan fingerprint density at radius 3 is 2.06 bits per heavy atom. The minimum Gasteiger partial charge on any atom is -0.464 e. The lowest BCUT2D eigenvalue weighted by Crippen LogP contribution is -2.57. The number of nitrogens with one attached hydrogen (secondary N) is 1. The molecule has 1 saturated heterocycles. The minimum atomic E-state index is -1.29. The molecule has 1 aliphatic rings. The molecule has 0 saturated carbocycles. The summed E-state index contributed by atoms with van der Waals surface area (Å²) in [6.07, 6.45) is 1.20. The van der Waals surface area contributed by atoms with E-state index in [1.165, 1.54) is 0 Å². The maximum atomic E-state index is 11.8. The zero-order valence-electron chi connectivity index (χ0n) is 10.0. The predicted octanol–water partition coefficient (Wildman–Crippen LogP) is 0.623. The first-order chi connectivity index (χ1) is 7.56. The van der Waals surface area contributed by atoms with Gasteiger partial charge in [-0.25, -0.2) is 9.59 Å². The van der Waals surface area contributed by atoms with Gasteiger partial charge in [-0.05, 0) is 33.6 Å². The van der Waals surface area contributed by atoms with Crippen LogP contribution in [0.5, 0.6) is 0 Å². The number of hydrogen-bond donors (Lipinski definition) is 1. The summed E-state index contributed by atoms with van der Waals surface area (Å²) in [5.74, 6) is -1.06. The van der Waals surface area contributed by atoms with Gasteiger partial charge in [-0.3, -0.25) is 5.32 Å². The summed E-state index contributed by atoms with van der Waals surface area (Å²) in [5.41, 5.74) is -1.29. The molecule has 92 valence electrons. The van der Waals surface area contributed by atoms with Crippen molar-refractivity contribution in [3.63, 3.8) is 0 Å². The van der Waals surface area contributed by atoms with E-state index in [1.54, 1.807) is 13.8 Å². The number of rotatable bonds is 4. The Kier molecular flexibility index (Phi) is 4.29. The lowest BCUT2D eigenvalue weighted by atomic mass is 9.98. The molecule has 5 nitrogen and oxygen atoms in total. The molecule has 0 radical (unpaired) electrons. The Balaban J connectivity index is 2.85. The first kappa shape index (κ1) is 13.0. The van der Waals surface area contributed by atoms with Gasteiger partial charge in [0.25, 0.3) is 0 Å². The molecule has 0 aromatic rings. The van der Waals surface area contributed by atoms with Crippen molar-refractivity contribution in [1.29, 1.82) is 0 Å². The van der Waals surface area contributed by atoms with Gasteiger partial charge in [0.15, 0.2) is 0 Å². The molecule has 16 heavy (non-hydrogen) atoms. The Morgan fingerprint density at radius 1 is 1.25 bits per heavy atom. The summed E-state index contributed by atoms with van der Waals surface area (Å²) in [7, 11) is 0. The van der Waals surface area contributed by atoms with Gasteiger partial charge < -0.3 is 9.47 Å². The van der Waals surface area contributed by atoms with E-state index in [4.69, 9.17) is 9.47 Å². The highest BCUT2D eigenvalue weighted by Crippen LogP contribution is 2.26. The molecule has 0 spiro atoms. The van der Waals surface area contributed by atoms with E-state index in [9.17, 15) is 9.59 Å². The van der Waals surface area contributed by atoms with Crippen LogP contribution in [-0.4, -0.2) is 36.7 Å². The van der Waals surface area contributed by atoms with E-state index in [2.05, 4.69) is 5.32 Å². The van der Waals surface area contributed by atoms with Crippen LogP contribution < -0.4 is 5.32 Å². The molecular weight excluding hydrogens is 210 g/mol. The van der Waals surface area contributed by atoms with E-state index < -0.39 is 17.5 Å². The van der Waals surface area contributed by atoms with Crippen LogP contribution in [0.4, 0.5) is 0 Å². The lowest BCUT2D eigenvalue weighted by molar-refractivity contribution is -0.165. The van der Waals surface area contributed by atoms with E-state index in [-0.39, 0.29) is 19.3 Å². The third-order valence-electron chi connectivity index (χ3n) is 2.69. The third-order valence-corrected chi connectivity index (χ3v) is 2.69. The summed E-state index contributed by atoms with van der Waals surface area (Å²) < 4.78 is 9.89. The van der Waals surface area contributed by atoms with Gasteiger partial charge in [0.1, 0.15) is 0 Å².